The molecule has 3 aromatic rings. The second-order valence-corrected chi connectivity index (χ2v) is 8.73. The summed E-state index contributed by atoms with van der Waals surface area (Å²) in [6.07, 6.45) is 6.86. The topological polar surface area (TPSA) is 85.7 Å². The standard InChI is InChI=1S/C24H24N4O4S/c1-33-24-25-9-12-28(24)19-4-2-3-17(13-19)23(30)27-10-7-16(8-11-27)22(29)26-18-5-6-20-21(14-18)32-15-31-20/h2-6,9,12-14,16H,7-8,10-11,15H2,1H3,(H,26,29). The molecule has 33 heavy (non-hydrogen) atoms. The Hall–Kier alpha value is -3.46. The van der Waals surface area contributed by atoms with Crippen molar-refractivity contribution in [1.29, 1.82) is 0 Å². The zero-order valence-corrected chi connectivity index (χ0v) is 19.0. The summed E-state index contributed by atoms with van der Waals surface area (Å²) in [4.78, 5) is 32.0. The molecule has 0 radical (unpaired) electrons. The number of amides is 2. The molecule has 0 atom stereocenters. The van der Waals surface area contributed by atoms with Gasteiger partial charge in [-0.3, -0.25) is 14.2 Å². The molecule has 170 valence electrons. The first-order valence-corrected chi connectivity index (χ1v) is 12.0. The van der Waals surface area contributed by atoms with Crippen LogP contribution >= 0.6 is 11.8 Å². The van der Waals surface area contributed by atoms with E-state index in [1.807, 2.05) is 46.2 Å². The van der Waals surface area contributed by atoms with Gasteiger partial charge < -0.3 is 19.7 Å². The Morgan fingerprint density at radius 1 is 1.09 bits per heavy atom. The molecule has 2 aliphatic heterocycles. The van der Waals surface area contributed by atoms with Gasteiger partial charge in [0.15, 0.2) is 16.7 Å². The molecule has 1 fully saturated rings. The Balaban J connectivity index is 1.20. The van der Waals surface area contributed by atoms with Gasteiger partial charge in [0.1, 0.15) is 0 Å². The number of aromatic nitrogens is 2. The molecule has 0 aliphatic carbocycles. The van der Waals surface area contributed by atoms with Crippen LogP contribution in [0.15, 0.2) is 60.0 Å². The van der Waals surface area contributed by atoms with Crippen LogP contribution in [0, 0.1) is 5.92 Å². The van der Waals surface area contributed by atoms with Crippen molar-refractivity contribution >= 4 is 29.3 Å². The van der Waals surface area contributed by atoms with Crippen LogP contribution in [0.4, 0.5) is 5.69 Å². The number of piperidine rings is 1. The summed E-state index contributed by atoms with van der Waals surface area (Å²) in [5.74, 6) is 1.13. The van der Waals surface area contributed by atoms with Crippen LogP contribution in [0.5, 0.6) is 11.5 Å². The lowest BCUT2D eigenvalue weighted by Crippen LogP contribution is -2.41. The average Bonchev–Trinajstić information content (AvgIpc) is 3.53. The molecule has 9 heteroatoms. The molecule has 0 spiro atoms. The van der Waals surface area contributed by atoms with Crippen LogP contribution in [0.2, 0.25) is 0 Å². The maximum absolute atomic E-state index is 13.1. The number of carbonyl (C=O) groups is 2. The molecule has 0 unspecified atom stereocenters. The van der Waals surface area contributed by atoms with Crippen LogP contribution in [0.25, 0.3) is 5.69 Å². The maximum atomic E-state index is 13.1. The Morgan fingerprint density at radius 2 is 1.91 bits per heavy atom. The fourth-order valence-electron chi connectivity index (χ4n) is 4.17. The van der Waals surface area contributed by atoms with Gasteiger partial charge in [-0.1, -0.05) is 17.8 Å². The molecule has 0 saturated carbocycles. The minimum absolute atomic E-state index is 0.0164. The van der Waals surface area contributed by atoms with Gasteiger partial charge in [-0.2, -0.15) is 0 Å². The molecule has 2 aliphatic rings. The van der Waals surface area contributed by atoms with Crippen LogP contribution in [0.3, 0.4) is 0 Å². The fraction of sp³-hybridized carbons (Fsp3) is 0.292. The van der Waals surface area contributed by atoms with Crippen molar-refractivity contribution in [2.45, 2.75) is 18.0 Å². The molecule has 3 heterocycles. The van der Waals surface area contributed by atoms with E-state index in [2.05, 4.69) is 10.3 Å². The Kier molecular flexibility index (Phi) is 5.95. The van der Waals surface area contributed by atoms with E-state index in [9.17, 15) is 9.59 Å². The number of anilines is 1. The second-order valence-electron chi connectivity index (χ2n) is 7.96. The van der Waals surface area contributed by atoms with Crippen molar-refractivity contribution in [3.05, 3.63) is 60.4 Å². The van der Waals surface area contributed by atoms with Crippen molar-refractivity contribution in [2.24, 2.45) is 5.92 Å². The van der Waals surface area contributed by atoms with Crippen LogP contribution in [-0.2, 0) is 4.79 Å². The summed E-state index contributed by atoms with van der Waals surface area (Å²) in [6.45, 7) is 1.29. The molecule has 8 nitrogen and oxygen atoms in total. The summed E-state index contributed by atoms with van der Waals surface area (Å²) in [5, 5.41) is 3.83. The summed E-state index contributed by atoms with van der Waals surface area (Å²) in [5.41, 5.74) is 2.22. The predicted octanol–water partition coefficient (Wildman–Crippen LogP) is 3.81. The molecule has 2 amide bonds. The van der Waals surface area contributed by atoms with E-state index >= 15 is 0 Å². The number of nitrogens with one attached hydrogen (secondary N) is 1. The highest BCUT2D eigenvalue weighted by molar-refractivity contribution is 7.98. The molecule has 1 N–H and O–H groups in total. The van der Waals surface area contributed by atoms with Gasteiger partial charge in [-0.05, 0) is 49.4 Å². The third-order valence-electron chi connectivity index (χ3n) is 5.95. The van der Waals surface area contributed by atoms with Crippen molar-refractivity contribution in [2.75, 3.05) is 31.5 Å². The van der Waals surface area contributed by atoms with Gasteiger partial charge in [0.2, 0.25) is 12.7 Å². The number of rotatable bonds is 5. The number of fused-ring (bicyclic) bond motifs is 1. The lowest BCUT2D eigenvalue weighted by atomic mass is 9.95. The number of carbonyl (C=O) groups excluding carboxylic acids is 2. The highest BCUT2D eigenvalue weighted by atomic mass is 32.2. The number of ether oxygens (including phenoxy) is 2. The number of nitrogens with zero attached hydrogens (tertiary/aromatic N) is 3. The summed E-state index contributed by atoms with van der Waals surface area (Å²) in [6, 6.07) is 12.9. The molecule has 1 saturated heterocycles. The van der Waals surface area contributed by atoms with Crippen molar-refractivity contribution in [3.63, 3.8) is 0 Å². The van der Waals surface area contributed by atoms with E-state index in [1.165, 1.54) is 0 Å². The predicted molar refractivity (Wildman–Crippen MR) is 125 cm³/mol. The normalized spacial score (nSPS) is 15.5. The highest BCUT2D eigenvalue weighted by Gasteiger charge is 2.28. The van der Waals surface area contributed by atoms with Crippen LogP contribution in [-0.4, -0.2) is 52.4 Å². The number of hydrogen-bond donors (Lipinski definition) is 1. The molecule has 5 rings (SSSR count). The largest absolute Gasteiger partial charge is 0.454 e. The number of hydrogen-bond acceptors (Lipinski definition) is 6. The minimum Gasteiger partial charge on any atom is -0.454 e. The molecule has 1 aromatic heterocycles. The Labute approximate surface area is 195 Å². The Morgan fingerprint density at radius 3 is 2.73 bits per heavy atom. The first kappa shape index (κ1) is 21.4. The van der Waals surface area contributed by atoms with Crippen molar-refractivity contribution in [3.8, 4) is 17.2 Å². The van der Waals surface area contributed by atoms with Crippen molar-refractivity contribution in [1.82, 2.24) is 14.5 Å². The van der Waals surface area contributed by atoms with Gasteiger partial charge in [0.25, 0.3) is 5.91 Å². The zero-order chi connectivity index (χ0) is 22.8. The lowest BCUT2D eigenvalue weighted by molar-refractivity contribution is -0.121. The molecule has 2 aromatic carbocycles. The highest BCUT2D eigenvalue weighted by Crippen LogP contribution is 2.34. The molecular weight excluding hydrogens is 440 g/mol. The monoisotopic (exact) mass is 464 g/mol. The lowest BCUT2D eigenvalue weighted by Gasteiger charge is -2.31. The van der Waals surface area contributed by atoms with Crippen molar-refractivity contribution < 1.29 is 19.1 Å². The van der Waals surface area contributed by atoms with Gasteiger partial charge in [0.05, 0.1) is 0 Å². The minimum atomic E-state index is -0.138. The van der Waals surface area contributed by atoms with E-state index in [4.69, 9.17) is 9.47 Å². The van der Waals surface area contributed by atoms with Gasteiger partial charge >= 0.3 is 0 Å². The van der Waals surface area contributed by atoms with Gasteiger partial charge in [-0.15, -0.1) is 0 Å². The van der Waals surface area contributed by atoms with E-state index in [0.717, 1.165) is 10.8 Å². The van der Waals surface area contributed by atoms with E-state index in [-0.39, 0.29) is 24.5 Å². The number of likely N-dealkylation sites (tertiary alicyclic amines) is 1. The molecular formula is C24H24N4O4S. The quantitative estimate of drug-likeness (QED) is 0.578. The van der Waals surface area contributed by atoms with Gasteiger partial charge in [-0.25, -0.2) is 4.98 Å². The third kappa shape index (κ3) is 4.41. The maximum Gasteiger partial charge on any atom is 0.253 e. The zero-order valence-electron chi connectivity index (χ0n) is 18.2. The number of thioether (sulfide) groups is 1. The summed E-state index contributed by atoms with van der Waals surface area (Å²) in [7, 11) is 0. The Bertz CT molecular complexity index is 1190. The first-order valence-electron chi connectivity index (χ1n) is 10.8. The van der Waals surface area contributed by atoms with Gasteiger partial charge in [0, 0.05) is 54.4 Å². The SMILES string of the molecule is CSc1nccn1-c1cccc(C(=O)N2CCC(C(=O)Nc3ccc4c(c3)OCO4)CC2)c1. The van der Waals surface area contributed by atoms with Crippen LogP contribution < -0.4 is 14.8 Å². The fourth-order valence-corrected chi connectivity index (χ4v) is 4.70. The molecule has 0 bridgehead atoms. The number of imidazole rings is 1. The average molecular weight is 465 g/mol. The smallest absolute Gasteiger partial charge is 0.253 e. The summed E-state index contributed by atoms with van der Waals surface area (Å²) >= 11 is 1.55. The van der Waals surface area contributed by atoms with E-state index in [0.29, 0.717) is 48.7 Å². The number of benzene rings is 2. The summed E-state index contributed by atoms with van der Waals surface area (Å²) < 4.78 is 12.6. The first-order chi connectivity index (χ1) is 16.1. The second kappa shape index (κ2) is 9.19. The third-order valence-corrected chi connectivity index (χ3v) is 6.62. The van der Waals surface area contributed by atoms with E-state index < -0.39 is 0 Å². The van der Waals surface area contributed by atoms with Crippen LogP contribution in [0.1, 0.15) is 23.2 Å². The van der Waals surface area contributed by atoms with E-state index in [1.54, 1.807) is 36.2 Å².